The van der Waals surface area contributed by atoms with Gasteiger partial charge < -0.3 is 15.5 Å². The number of rotatable bonds is 5. The van der Waals surface area contributed by atoms with E-state index in [1.54, 1.807) is 18.0 Å². The molecule has 0 radical (unpaired) electrons. The molecule has 7 nitrogen and oxygen atoms in total. The number of thioether (sulfide) groups is 1. The van der Waals surface area contributed by atoms with E-state index in [1.165, 1.54) is 11.1 Å². The molecule has 0 unspecified atom stereocenters. The molecule has 0 bridgehead atoms. The Bertz CT molecular complexity index is 1290. The largest absolute Gasteiger partial charge is 0.409 e. The average Bonchev–Trinajstić information content (AvgIpc) is 3.13. The van der Waals surface area contributed by atoms with Gasteiger partial charge in [0.15, 0.2) is 11.6 Å². The van der Waals surface area contributed by atoms with Crippen molar-refractivity contribution in [1.29, 1.82) is 0 Å². The molecule has 0 aliphatic carbocycles. The summed E-state index contributed by atoms with van der Waals surface area (Å²) in [6.07, 6.45) is 1.71. The van der Waals surface area contributed by atoms with E-state index >= 15 is 0 Å². The van der Waals surface area contributed by atoms with Crippen molar-refractivity contribution in [3.8, 4) is 11.5 Å². The van der Waals surface area contributed by atoms with Crippen LogP contribution in [0.15, 0.2) is 64.8 Å². The Hall–Kier alpha value is -3.39. The van der Waals surface area contributed by atoms with Crippen LogP contribution in [-0.4, -0.2) is 30.6 Å². The van der Waals surface area contributed by atoms with Gasteiger partial charge in [0.05, 0.1) is 15.9 Å². The Kier molecular flexibility index (Phi) is 5.88. The lowest BCUT2D eigenvalue weighted by Crippen LogP contribution is -2.18. The summed E-state index contributed by atoms with van der Waals surface area (Å²) < 4.78 is 2.00. The first-order chi connectivity index (χ1) is 15.3. The zero-order valence-corrected chi connectivity index (χ0v) is 19.4. The van der Waals surface area contributed by atoms with Crippen LogP contribution in [0, 0.1) is 0 Å². The third kappa shape index (κ3) is 4.31. The molecule has 0 saturated carbocycles. The highest BCUT2D eigenvalue weighted by Gasteiger charge is 2.19. The molecule has 0 amide bonds. The Morgan fingerprint density at radius 3 is 2.47 bits per heavy atom. The highest BCUT2D eigenvalue weighted by Crippen LogP contribution is 2.33. The molecular weight excluding hydrogens is 420 g/mol. The number of para-hydroxylation sites is 2. The zero-order chi connectivity index (χ0) is 22.9. The van der Waals surface area contributed by atoms with Crippen LogP contribution in [0.3, 0.4) is 0 Å². The molecule has 0 spiro atoms. The van der Waals surface area contributed by atoms with Crippen LogP contribution in [-0.2, 0) is 18.2 Å². The maximum absolute atomic E-state index is 9.08. The van der Waals surface area contributed by atoms with Crippen molar-refractivity contribution in [1.82, 2.24) is 19.5 Å². The number of oxime groups is 1. The highest BCUT2D eigenvalue weighted by molar-refractivity contribution is 7.98. The van der Waals surface area contributed by atoms with Crippen LogP contribution in [0.1, 0.15) is 37.7 Å². The summed E-state index contributed by atoms with van der Waals surface area (Å²) in [5.74, 6) is 1.48. The van der Waals surface area contributed by atoms with E-state index in [2.05, 4.69) is 60.2 Å². The van der Waals surface area contributed by atoms with Crippen molar-refractivity contribution < 1.29 is 5.21 Å². The van der Waals surface area contributed by atoms with Crippen molar-refractivity contribution in [3.05, 3.63) is 71.7 Å². The van der Waals surface area contributed by atoms with Crippen molar-refractivity contribution >= 4 is 28.6 Å². The number of nitrogens with two attached hydrogens (primary N) is 1. The standard InChI is InChI=1S/C24H26N6OS/c1-24(2,3)16-11-9-15(10-12-16)14-32-19-13-26-22(21(25)29-31)28-20(19)23-27-17-7-5-6-8-18(17)30(23)4/h5-13,31H,14H2,1-4H3,(H2,25,29). The van der Waals surface area contributed by atoms with E-state index in [-0.39, 0.29) is 17.1 Å². The Morgan fingerprint density at radius 1 is 1.09 bits per heavy atom. The molecule has 0 atom stereocenters. The predicted molar refractivity (Wildman–Crippen MR) is 129 cm³/mol. The lowest BCUT2D eigenvalue weighted by atomic mass is 9.87. The highest BCUT2D eigenvalue weighted by atomic mass is 32.2. The van der Waals surface area contributed by atoms with Gasteiger partial charge in [0, 0.05) is 19.0 Å². The zero-order valence-electron chi connectivity index (χ0n) is 18.6. The second-order valence-corrected chi connectivity index (χ2v) is 9.63. The van der Waals surface area contributed by atoms with Gasteiger partial charge in [-0.05, 0) is 28.7 Å². The van der Waals surface area contributed by atoms with Crippen LogP contribution in [0.5, 0.6) is 0 Å². The van der Waals surface area contributed by atoms with Gasteiger partial charge >= 0.3 is 0 Å². The van der Waals surface area contributed by atoms with Crippen molar-refractivity contribution in [2.24, 2.45) is 17.9 Å². The van der Waals surface area contributed by atoms with Crippen LogP contribution in [0.4, 0.5) is 0 Å². The third-order valence-electron chi connectivity index (χ3n) is 5.31. The van der Waals surface area contributed by atoms with E-state index < -0.39 is 0 Å². The lowest BCUT2D eigenvalue weighted by Gasteiger charge is -2.19. The van der Waals surface area contributed by atoms with Crippen LogP contribution in [0.25, 0.3) is 22.6 Å². The number of amidine groups is 1. The fourth-order valence-electron chi connectivity index (χ4n) is 3.42. The SMILES string of the molecule is Cn1c(-c2nc(C(N)=NO)ncc2SCc2ccc(C(C)(C)C)cc2)nc2ccccc21. The molecule has 0 fully saturated rings. The monoisotopic (exact) mass is 446 g/mol. The Balaban J connectivity index is 1.71. The fourth-order valence-corrected chi connectivity index (χ4v) is 4.34. The normalized spacial score (nSPS) is 12.4. The van der Waals surface area contributed by atoms with Crippen molar-refractivity contribution in [3.63, 3.8) is 0 Å². The first-order valence-corrected chi connectivity index (χ1v) is 11.3. The second-order valence-electron chi connectivity index (χ2n) is 8.61. The molecule has 2 heterocycles. The molecule has 0 saturated heterocycles. The minimum atomic E-state index is -0.140. The fraction of sp³-hybridized carbons (Fsp3) is 0.250. The van der Waals surface area contributed by atoms with Gasteiger partial charge in [-0.2, -0.15) is 0 Å². The molecule has 4 rings (SSSR count). The van der Waals surface area contributed by atoms with Gasteiger partial charge in [-0.25, -0.2) is 15.0 Å². The van der Waals surface area contributed by atoms with Gasteiger partial charge in [-0.3, -0.25) is 0 Å². The maximum Gasteiger partial charge on any atom is 0.207 e. The summed E-state index contributed by atoms with van der Waals surface area (Å²) >= 11 is 1.63. The molecule has 32 heavy (non-hydrogen) atoms. The average molecular weight is 447 g/mol. The maximum atomic E-state index is 9.08. The summed E-state index contributed by atoms with van der Waals surface area (Å²) in [4.78, 5) is 14.5. The Morgan fingerprint density at radius 2 is 1.81 bits per heavy atom. The summed E-state index contributed by atoms with van der Waals surface area (Å²) in [5.41, 5.74) is 10.9. The lowest BCUT2D eigenvalue weighted by molar-refractivity contribution is 0.318. The van der Waals surface area contributed by atoms with E-state index in [4.69, 9.17) is 15.9 Å². The number of hydrogen-bond donors (Lipinski definition) is 2. The smallest absolute Gasteiger partial charge is 0.207 e. The van der Waals surface area contributed by atoms with Gasteiger partial charge in [-0.15, -0.1) is 11.8 Å². The molecule has 8 heteroatoms. The number of fused-ring (bicyclic) bond motifs is 1. The summed E-state index contributed by atoms with van der Waals surface area (Å²) in [5, 5.41) is 12.1. The van der Waals surface area contributed by atoms with Gasteiger partial charge in [0.25, 0.3) is 0 Å². The van der Waals surface area contributed by atoms with Gasteiger partial charge in [-0.1, -0.05) is 62.3 Å². The van der Waals surface area contributed by atoms with E-state index in [0.717, 1.165) is 21.7 Å². The molecule has 0 aliphatic rings. The number of nitrogens with zero attached hydrogens (tertiary/aromatic N) is 5. The van der Waals surface area contributed by atoms with Crippen LogP contribution in [0.2, 0.25) is 0 Å². The third-order valence-corrected chi connectivity index (χ3v) is 6.39. The summed E-state index contributed by atoms with van der Waals surface area (Å²) in [6.45, 7) is 6.63. The van der Waals surface area contributed by atoms with Crippen molar-refractivity contribution in [2.45, 2.75) is 36.8 Å². The number of benzene rings is 2. The van der Waals surface area contributed by atoms with Crippen molar-refractivity contribution in [2.75, 3.05) is 0 Å². The van der Waals surface area contributed by atoms with Crippen LogP contribution < -0.4 is 5.73 Å². The van der Waals surface area contributed by atoms with Gasteiger partial charge in [0.2, 0.25) is 5.84 Å². The molecule has 2 aromatic carbocycles. The first kappa shape index (κ1) is 21.8. The second kappa shape index (κ2) is 8.63. The topological polar surface area (TPSA) is 102 Å². The quantitative estimate of drug-likeness (QED) is 0.151. The minimum Gasteiger partial charge on any atom is -0.409 e. The summed E-state index contributed by atoms with van der Waals surface area (Å²) in [6, 6.07) is 16.6. The number of imidazole rings is 1. The number of aromatic nitrogens is 4. The molecule has 2 aromatic heterocycles. The summed E-state index contributed by atoms with van der Waals surface area (Å²) in [7, 11) is 1.95. The van der Waals surface area contributed by atoms with E-state index in [0.29, 0.717) is 11.5 Å². The molecule has 0 aliphatic heterocycles. The van der Waals surface area contributed by atoms with Crippen LogP contribution >= 0.6 is 11.8 Å². The predicted octanol–water partition coefficient (Wildman–Crippen LogP) is 4.71. The number of aryl methyl sites for hydroxylation is 1. The van der Waals surface area contributed by atoms with E-state index in [1.807, 2.05) is 35.9 Å². The first-order valence-electron chi connectivity index (χ1n) is 10.3. The molecular formula is C24H26N6OS. The molecule has 164 valence electrons. The number of hydrogen-bond acceptors (Lipinski definition) is 6. The van der Waals surface area contributed by atoms with Gasteiger partial charge in [0.1, 0.15) is 5.69 Å². The molecule has 3 N–H and O–H groups in total. The molecule has 4 aromatic rings. The van der Waals surface area contributed by atoms with E-state index in [9.17, 15) is 0 Å². The Labute approximate surface area is 191 Å². The minimum absolute atomic E-state index is 0.122.